The van der Waals surface area contributed by atoms with Crippen LogP contribution < -0.4 is 20.1 Å². The number of benzene rings is 3. The zero-order valence-corrected chi connectivity index (χ0v) is 17.8. The molecule has 0 fully saturated rings. The molecule has 0 saturated carbocycles. The molecule has 0 bridgehead atoms. The molecule has 6 heteroatoms. The highest BCUT2D eigenvalue weighted by Crippen LogP contribution is 2.29. The molecular formula is C24H25ClN2O3. The molecule has 0 radical (unpaired) electrons. The summed E-state index contributed by atoms with van der Waals surface area (Å²) in [4.78, 5) is 12.2. The van der Waals surface area contributed by atoms with Crippen LogP contribution in [0.3, 0.4) is 0 Å². The number of hydrogen-bond acceptors (Lipinski definition) is 4. The fraction of sp³-hybridized carbons (Fsp3) is 0.208. The largest absolute Gasteiger partial charge is 0.490 e. The Hall–Kier alpha value is -3.18. The second kappa shape index (κ2) is 10.6. The van der Waals surface area contributed by atoms with Crippen LogP contribution in [0.1, 0.15) is 18.1 Å². The average molecular weight is 425 g/mol. The van der Waals surface area contributed by atoms with Crippen LogP contribution >= 0.6 is 11.6 Å². The Labute approximate surface area is 182 Å². The van der Waals surface area contributed by atoms with E-state index in [9.17, 15) is 4.79 Å². The maximum atomic E-state index is 12.2. The number of aryl methyl sites for hydroxylation is 1. The summed E-state index contributed by atoms with van der Waals surface area (Å²) in [6.07, 6.45) is 0. The lowest BCUT2D eigenvalue weighted by Gasteiger charge is -2.14. The van der Waals surface area contributed by atoms with Crippen LogP contribution in [-0.2, 0) is 11.3 Å². The number of ether oxygens (including phenoxy) is 2. The molecule has 156 valence electrons. The van der Waals surface area contributed by atoms with Crippen molar-refractivity contribution in [2.24, 2.45) is 0 Å². The van der Waals surface area contributed by atoms with Gasteiger partial charge in [0, 0.05) is 22.9 Å². The van der Waals surface area contributed by atoms with E-state index in [0.29, 0.717) is 29.7 Å². The standard InChI is InChI=1S/C24H25ClN2O3/c1-3-29-23-14-18(15-26-20-10-8-19(25)9-11-20)7-12-22(23)30-16-24(28)27-21-6-4-5-17(2)13-21/h4-14,26H,3,15-16H2,1-2H3,(H,27,28). The van der Waals surface area contributed by atoms with Crippen molar-refractivity contribution in [3.8, 4) is 11.5 Å². The maximum Gasteiger partial charge on any atom is 0.262 e. The predicted molar refractivity (Wildman–Crippen MR) is 122 cm³/mol. The van der Waals surface area contributed by atoms with Crippen LogP contribution in [0.2, 0.25) is 5.02 Å². The average Bonchev–Trinajstić information content (AvgIpc) is 2.73. The summed E-state index contributed by atoms with van der Waals surface area (Å²) in [5.74, 6) is 0.916. The monoisotopic (exact) mass is 424 g/mol. The first-order valence-corrected chi connectivity index (χ1v) is 10.2. The van der Waals surface area contributed by atoms with Crippen LogP contribution in [0.25, 0.3) is 0 Å². The van der Waals surface area contributed by atoms with Gasteiger partial charge in [-0.25, -0.2) is 0 Å². The molecule has 0 unspecified atom stereocenters. The maximum absolute atomic E-state index is 12.2. The summed E-state index contributed by atoms with van der Waals surface area (Å²) < 4.78 is 11.4. The van der Waals surface area contributed by atoms with E-state index in [-0.39, 0.29) is 12.5 Å². The van der Waals surface area contributed by atoms with Gasteiger partial charge < -0.3 is 20.1 Å². The first kappa shape index (κ1) is 21.5. The lowest BCUT2D eigenvalue weighted by atomic mass is 10.2. The highest BCUT2D eigenvalue weighted by molar-refractivity contribution is 6.30. The molecule has 0 aromatic heterocycles. The van der Waals surface area contributed by atoms with E-state index in [1.807, 2.05) is 80.6 Å². The molecular weight excluding hydrogens is 400 g/mol. The number of hydrogen-bond donors (Lipinski definition) is 2. The Morgan fingerprint density at radius 2 is 1.73 bits per heavy atom. The van der Waals surface area contributed by atoms with Crippen molar-refractivity contribution in [3.63, 3.8) is 0 Å². The molecule has 3 rings (SSSR count). The van der Waals surface area contributed by atoms with Crippen molar-refractivity contribution < 1.29 is 14.3 Å². The number of rotatable bonds is 9. The molecule has 3 aromatic carbocycles. The van der Waals surface area contributed by atoms with Crippen LogP contribution in [0.4, 0.5) is 11.4 Å². The van der Waals surface area contributed by atoms with Crippen LogP contribution in [0.5, 0.6) is 11.5 Å². The van der Waals surface area contributed by atoms with Crippen LogP contribution in [-0.4, -0.2) is 19.1 Å². The fourth-order valence-electron chi connectivity index (χ4n) is 2.89. The van der Waals surface area contributed by atoms with E-state index < -0.39 is 0 Å². The molecule has 30 heavy (non-hydrogen) atoms. The Bertz CT molecular complexity index is 990. The van der Waals surface area contributed by atoms with E-state index in [4.69, 9.17) is 21.1 Å². The van der Waals surface area contributed by atoms with E-state index in [1.54, 1.807) is 0 Å². The van der Waals surface area contributed by atoms with Crippen molar-refractivity contribution >= 4 is 28.9 Å². The highest BCUT2D eigenvalue weighted by atomic mass is 35.5. The Balaban J connectivity index is 1.59. The molecule has 0 aliphatic rings. The minimum Gasteiger partial charge on any atom is -0.490 e. The van der Waals surface area contributed by atoms with Gasteiger partial charge in [0.25, 0.3) is 5.91 Å². The number of carbonyl (C=O) groups is 1. The second-order valence-corrected chi connectivity index (χ2v) is 7.22. The first-order valence-electron chi connectivity index (χ1n) is 9.78. The summed E-state index contributed by atoms with van der Waals surface area (Å²) in [6, 6.07) is 20.8. The van der Waals surface area contributed by atoms with Crippen molar-refractivity contribution in [2.75, 3.05) is 23.8 Å². The SMILES string of the molecule is CCOc1cc(CNc2ccc(Cl)cc2)ccc1OCC(=O)Nc1cccc(C)c1. The minimum atomic E-state index is -0.225. The number of halogens is 1. The Morgan fingerprint density at radius 1 is 0.933 bits per heavy atom. The van der Waals surface area contributed by atoms with E-state index in [2.05, 4.69) is 10.6 Å². The summed E-state index contributed by atoms with van der Waals surface area (Å²) in [7, 11) is 0. The molecule has 2 N–H and O–H groups in total. The van der Waals surface area contributed by atoms with Gasteiger partial charge in [0.1, 0.15) is 0 Å². The normalized spacial score (nSPS) is 10.4. The Kier molecular flexibility index (Phi) is 7.57. The third-order valence-electron chi connectivity index (χ3n) is 4.31. The highest BCUT2D eigenvalue weighted by Gasteiger charge is 2.10. The third kappa shape index (κ3) is 6.42. The quantitative estimate of drug-likeness (QED) is 0.464. The molecule has 1 amide bonds. The fourth-order valence-corrected chi connectivity index (χ4v) is 3.01. The lowest BCUT2D eigenvalue weighted by molar-refractivity contribution is -0.118. The van der Waals surface area contributed by atoms with Crippen molar-refractivity contribution in [1.29, 1.82) is 0 Å². The third-order valence-corrected chi connectivity index (χ3v) is 4.56. The Morgan fingerprint density at radius 3 is 2.47 bits per heavy atom. The molecule has 0 aliphatic heterocycles. The summed E-state index contributed by atoms with van der Waals surface area (Å²) in [5, 5.41) is 6.88. The number of nitrogens with one attached hydrogen (secondary N) is 2. The van der Waals surface area contributed by atoms with Crippen LogP contribution in [0.15, 0.2) is 66.7 Å². The van der Waals surface area contributed by atoms with Gasteiger partial charge in [0.05, 0.1) is 6.61 Å². The predicted octanol–water partition coefficient (Wildman–Crippen LogP) is 5.68. The number of carbonyl (C=O) groups excluding carboxylic acids is 1. The van der Waals surface area contributed by atoms with Gasteiger partial charge in [-0.1, -0.05) is 29.8 Å². The number of anilines is 2. The van der Waals surface area contributed by atoms with E-state index in [1.165, 1.54) is 0 Å². The first-order chi connectivity index (χ1) is 14.5. The minimum absolute atomic E-state index is 0.101. The van der Waals surface area contributed by atoms with Gasteiger partial charge in [-0.05, 0) is 73.5 Å². The lowest BCUT2D eigenvalue weighted by Crippen LogP contribution is -2.20. The van der Waals surface area contributed by atoms with E-state index >= 15 is 0 Å². The molecule has 3 aromatic rings. The van der Waals surface area contributed by atoms with Gasteiger partial charge in [0.15, 0.2) is 18.1 Å². The summed E-state index contributed by atoms with van der Waals surface area (Å²) >= 11 is 5.92. The van der Waals surface area contributed by atoms with Gasteiger partial charge in [-0.2, -0.15) is 0 Å². The molecule has 0 spiro atoms. The van der Waals surface area contributed by atoms with Crippen molar-refractivity contribution in [1.82, 2.24) is 0 Å². The smallest absolute Gasteiger partial charge is 0.262 e. The second-order valence-electron chi connectivity index (χ2n) is 6.78. The van der Waals surface area contributed by atoms with Crippen LogP contribution in [0, 0.1) is 6.92 Å². The van der Waals surface area contributed by atoms with E-state index in [0.717, 1.165) is 22.5 Å². The van der Waals surface area contributed by atoms with Crippen molar-refractivity contribution in [3.05, 3.63) is 82.9 Å². The topological polar surface area (TPSA) is 59.6 Å². The zero-order valence-electron chi connectivity index (χ0n) is 17.1. The van der Waals surface area contributed by atoms with Gasteiger partial charge >= 0.3 is 0 Å². The van der Waals surface area contributed by atoms with Crippen molar-refractivity contribution in [2.45, 2.75) is 20.4 Å². The van der Waals surface area contributed by atoms with Gasteiger partial charge in [-0.15, -0.1) is 0 Å². The molecule has 0 aliphatic carbocycles. The zero-order chi connectivity index (χ0) is 21.3. The van der Waals surface area contributed by atoms with Gasteiger partial charge in [0.2, 0.25) is 0 Å². The summed E-state index contributed by atoms with van der Waals surface area (Å²) in [6.45, 7) is 4.91. The number of amides is 1. The molecule has 5 nitrogen and oxygen atoms in total. The van der Waals surface area contributed by atoms with Gasteiger partial charge in [-0.3, -0.25) is 4.79 Å². The molecule has 0 heterocycles. The molecule has 0 saturated heterocycles. The summed E-state index contributed by atoms with van der Waals surface area (Å²) in [5.41, 5.74) is 3.84. The molecule has 0 atom stereocenters.